The van der Waals surface area contributed by atoms with E-state index < -0.39 is 16.1 Å². The summed E-state index contributed by atoms with van der Waals surface area (Å²) in [6.07, 6.45) is 6.98. The number of likely N-dealkylation sites (tertiary alicyclic amines) is 1. The summed E-state index contributed by atoms with van der Waals surface area (Å²) in [4.78, 5) is 15.3. The van der Waals surface area contributed by atoms with Crippen molar-refractivity contribution in [1.82, 2.24) is 14.5 Å². The molecule has 0 spiro atoms. The lowest BCUT2D eigenvalue weighted by Crippen LogP contribution is -2.43. The highest BCUT2D eigenvalue weighted by molar-refractivity contribution is 7.88. The smallest absolute Gasteiger partial charge is 0.242 e. The van der Waals surface area contributed by atoms with Gasteiger partial charge in [0.25, 0.3) is 0 Å². The van der Waals surface area contributed by atoms with E-state index in [2.05, 4.69) is 17.1 Å². The van der Waals surface area contributed by atoms with Gasteiger partial charge in [0, 0.05) is 26.2 Å². The summed E-state index contributed by atoms with van der Waals surface area (Å²) in [5.74, 6) is -0.278. The molecule has 1 aliphatic rings. The van der Waals surface area contributed by atoms with Crippen LogP contribution in [-0.2, 0) is 14.8 Å². The number of sulfonamides is 1. The first-order valence-electron chi connectivity index (χ1n) is 9.84. The van der Waals surface area contributed by atoms with Crippen molar-refractivity contribution in [2.45, 2.75) is 51.1 Å². The SMILES string of the molecule is CCC1CCCCN1CCCNC(=O)C(c1ccccc1)N(C)S(C)(=O)=O. The third-order valence-electron chi connectivity index (χ3n) is 5.39. The average Bonchev–Trinajstić information content (AvgIpc) is 2.66. The molecule has 2 rings (SSSR count). The van der Waals surface area contributed by atoms with Gasteiger partial charge in [-0.25, -0.2) is 8.42 Å². The third kappa shape index (κ3) is 6.30. The lowest BCUT2D eigenvalue weighted by Gasteiger charge is -2.35. The maximum atomic E-state index is 12.8. The predicted octanol–water partition coefficient (Wildman–Crippen LogP) is 2.39. The van der Waals surface area contributed by atoms with Crippen LogP contribution in [0.3, 0.4) is 0 Å². The summed E-state index contributed by atoms with van der Waals surface area (Å²) in [6, 6.07) is 8.85. The molecule has 1 fully saturated rings. The molecule has 0 aromatic heterocycles. The molecule has 1 amide bonds. The van der Waals surface area contributed by atoms with Gasteiger partial charge in [-0.15, -0.1) is 0 Å². The number of carbonyl (C=O) groups excluding carboxylic acids is 1. The molecule has 0 radical (unpaired) electrons. The molecular weight excluding hydrogens is 362 g/mol. The van der Waals surface area contributed by atoms with Crippen LogP contribution in [0, 0.1) is 0 Å². The van der Waals surface area contributed by atoms with E-state index in [1.165, 1.54) is 32.7 Å². The topological polar surface area (TPSA) is 69.7 Å². The van der Waals surface area contributed by atoms with Crippen molar-refractivity contribution in [3.8, 4) is 0 Å². The first-order chi connectivity index (χ1) is 12.8. The summed E-state index contributed by atoms with van der Waals surface area (Å²) in [5.41, 5.74) is 0.671. The van der Waals surface area contributed by atoms with Gasteiger partial charge in [-0.1, -0.05) is 43.7 Å². The summed E-state index contributed by atoms with van der Waals surface area (Å²) >= 11 is 0. The summed E-state index contributed by atoms with van der Waals surface area (Å²) in [6.45, 7) is 4.88. The first-order valence-corrected chi connectivity index (χ1v) is 11.7. The molecule has 2 atom stereocenters. The quantitative estimate of drug-likeness (QED) is 0.652. The number of hydrogen-bond acceptors (Lipinski definition) is 4. The molecule has 0 bridgehead atoms. The second-order valence-corrected chi connectivity index (χ2v) is 9.37. The molecule has 7 heteroatoms. The van der Waals surface area contributed by atoms with Crippen LogP contribution in [0.2, 0.25) is 0 Å². The number of nitrogens with zero attached hydrogens (tertiary/aromatic N) is 2. The van der Waals surface area contributed by atoms with E-state index >= 15 is 0 Å². The number of benzene rings is 1. The van der Waals surface area contributed by atoms with E-state index in [9.17, 15) is 13.2 Å². The lowest BCUT2D eigenvalue weighted by atomic mass is 10.00. The van der Waals surface area contributed by atoms with Gasteiger partial charge in [0.1, 0.15) is 6.04 Å². The maximum Gasteiger partial charge on any atom is 0.242 e. The highest BCUT2D eigenvalue weighted by Gasteiger charge is 2.30. The Bertz CT molecular complexity index is 694. The number of likely N-dealkylation sites (N-methyl/N-ethyl adjacent to an activating group) is 1. The predicted molar refractivity (Wildman–Crippen MR) is 109 cm³/mol. The van der Waals surface area contributed by atoms with Gasteiger partial charge in [0.05, 0.1) is 6.26 Å². The molecule has 27 heavy (non-hydrogen) atoms. The van der Waals surface area contributed by atoms with Crippen molar-refractivity contribution >= 4 is 15.9 Å². The standard InChI is InChI=1S/C20H33N3O3S/c1-4-18-13-8-9-15-23(18)16-10-14-21-20(24)19(22(2)27(3,25)26)17-11-6-5-7-12-17/h5-7,11-12,18-19H,4,8-10,13-16H2,1-3H3,(H,21,24). The Morgan fingerprint density at radius 2 is 2.00 bits per heavy atom. The van der Waals surface area contributed by atoms with Crippen molar-refractivity contribution in [2.75, 3.05) is 32.9 Å². The fourth-order valence-electron chi connectivity index (χ4n) is 3.76. The van der Waals surface area contributed by atoms with Crippen LogP contribution in [0.1, 0.15) is 50.6 Å². The Kier molecular flexibility index (Phi) is 8.26. The minimum atomic E-state index is -3.49. The Hall–Kier alpha value is -1.44. The van der Waals surface area contributed by atoms with Gasteiger partial charge >= 0.3 is 0 Å². The van der Waals surface area contributed by atoms with Crippen LogP contribution in [0.25, 0.3) is 0 Å². The summed E-state index contributed by atoms with van der Waals surface area (Å²) in [5, 5.41) is 2.93. The van der Waals surface area contributed by atoms with Gasteiger partial charge in [0.15, 0.2) is 0 Å². The fourth-order valence-corrected chi connectivity index (χ4v) is 4.36. The van der Waals surface area contributed by atoms with Crippen molar-refractivity contribution in [1.29, 1.82) is 0 Å². The third-order valence-corrected chi connectivity index (χ3v) is 6.65. The van der Waals surface area contributed by atoms with E-state index in [1.54, 1.807) is 12.1 Å². The largest absolute Gasteiger partial charge is 0.354 e. The molecule has 1 aromatic rings. The summed E-state index contributed by atoms with van der Waals surface area (Å²) in [7, 11) is -2.04. The Morgan fingerprint density at radius 1 is 1.30 bits per heavy atom. The van der Waals surface area contributed by atoms with Crippen molar-refractivity contribution < 1.29 is 13.2 Å². The van der Waals surface area contributed by atoms with Gasteiger partial charge in [0.2, 0.25) is 15.9 Å². The molecule has 1 aromatic carbocycles. The van der Waals surface area contributed by atoms with E-state index in [0.717, 1.165) is 30.1 Å². The van der Waals surface area contributed by atoms with Crippen LogP contribution in [0.5, 0.6) is 0 Å². The van der Waals surface area contributed by atoms with Crippen LogP contribution < -0.4 is 5.32 Å². The van der Waals surface area contributed by atoms with Crippen molar-refractivity contribution in [3.63, 3.8) is 0 Å². The molecule has 1 aliphatic heterocycles. The van der Waals surface area contributed by atoms with E-state index in [0.29, 0.717) is 18.2 Å². The molecule has 0 aliphatic carbocycles. The number of rotatable bonds is 9. The van der Waals surface area contributed by atoms with Crippen molar-refractivity contribution in [3.05, 3.63) is 35.9 Å². The Labute approximate surface area is 164 Å². The summed E-state index contributed by atoms with van der Waals surface area (Å²) < 4.78 is 25.1. The number of piperidine rings is 1. The van der Waals surface area contributed by atoms with Crippen LogP contribution in [0.15, 0.2) is 30.3 Å². The van der Waals surface area contributed by atoms with E-state index in [4.69, 9.17) is 0 Å². The Balaban J connectivity index is 1.94. The molecule has 1 heterocycles. The monoisotopic (exact) mass is 395 g/mol. The van der Waals surface area contributed by atoms with Crippen LogP contribution in [0.4, 0.5) is 0 Å². The van der Waals surface area contributed by atoms with Crippen LogP contribution in [-0.4, -0.2) is 62.5 Å². The molecule has 6 nitrogen and oxygen atoms in total. The molecule has 1 saturated heterocycles. The zero-order valence-corrected chi connectivity index (χ0v) is 17.5. The van der Waals surface area contributed by atoms with Gasteiger partial charge in [-0.05, 0) is 37.8 Å². The van der Waals surface area contributed by atoms with Gasteiger partial charge in [-0.3, -0.25) is 4.79 Å². The van der Waals surface area contributed by atoms with Crippen molar-refractivity contribution in [2.24, 2.45) is 0 Å². The molecule has 152 valence electrons. The lowest BCUT2D eigenvalue weighted by molar-refractivity contribution is -0.124. The normalized spacial score (nSPS) is 19.8. The highest BCUT2D eigenvalue weighted by atomic mass is 32.2. The maximum absolute atomic E-state index is 12.8. The average molecular weight is 396 g/mol. The first kappa shape index (κ1) is 21.9. The minimum absolute atomic E-state index is 0.278. The molecular formula is C20H33N3O3S. The number of carbonyl (C=O) groups is 1. The number of hydrogen-bond donors (Lipinski definition) is 1. The zero-order chi connectivity index (χ0) is 19.9. The van der Waals surface area contributed by atoms with E-state index in [1.807, 2.05) is 18.2 Å². The minimum Gasteiger partial charge on any atom is -0.354 e. The fraction of sp³-hybridized carbons (Fsp3) is 0.650. The van der Waals surface area contributed by atoms with Gasteiger partial charge in [-0.2, -0.15) is 4.31 Å². The van der Waals surface area contributed by atoms with Gasteiger partial charge < -0.3 is 10.2 Å². The zero-order valence-electron chi connectivity index (χ0n) is 16.7. The molecule has 2 unspecified atom stereocenters. The number of amides is 1. The second-order valence-electron chi connectivity index (χ2n) is 7.33. The Morgan fingerprint density at radius 3 is 2.63 bits per heavy atom. The van der Waals surface area contributed by atoms with Crippen LogP contribution >= 0.6 is 0 Å². The number of nitrogens with one attached hydrogen (secondary N) is 1. The van der Waals surface area contributed by atoms with E-state index in [-0.39, 0.29) is 5.91 Å². The highest BCUT2D eigenvalue weighted by Crippen LogP contribution is 2.22. The molecule has 1 N–H and O–H groups in total. The molecule has 0 saturated carbocycles. The second kappa shape index (κ2) is 10.2.